The first-order valence-electron chi connectivity index (χ1n) is 6.30. The van der Waals surface area contributed by atoms with E-state index in [1.54, 1.807) is 0 Å². The van der Waals surface area contributed by atoms with E-state index in [9.17, 15) is 4.79 Å². The number of hydrogen-bond donors (Lipinski definition) is 1. The number of halogens is 1. The second-order valence-corrected chi connectivity index (χ2v) is 5.83. The van der Waals surface area contributed by atoms with E-state index in [1.165, 1.54) is 5.56 Å². The van der Waals surface area contributed by atoms with Gasteiger partial charge in [0.05, 0.1) is 5.92 Å². The first-order chi connectivity index (χ1) is 9.15. The van der Waals surface area contributed by atoms with Gasteiger partial charge in [0.2, 0.25) is 5.91 Å². The molecule has 2 nitrogen and oxygen atoms in total. The van der Waals surface area contributed by atoms with Gasteiger partial charge in [-0.1, -0.05) is 46.3 Å². The van der Waals surface area contributed by atoms with E-state index in [-0.39, 0.29) is 11.8 Å². The highest BCUT2D eigenvalue weighted by Crippen LogP contribution is 2.36. The Labute approximate surface area is 121 Å². The van der Waals surface area contributed by atoms with E-state index in [1.807, 2.05) is 37.3 Å². The Balaban J connectivity index is 1.92. The fourth-order valence-corrected chi connectivity index (χ4v) is 2.83. The second-order valence-electron chi connectivity index (χ2n) is 4.91. The predicted octanol–water partition coefficient (Wildman–Crippen LogP) is 4.04. The molecule has 1 N–H and O–H groups in total. The zero-order valence-electron chi connectivity index (χ0n) is 10.6. The molecule has 2 aromatic rings. The maximum atomic E-state index is 12.1. The van der Waals surface area contributed by atoms with E-state index in [0.717, 1.165) is 27.7 Å². The Hall–Kier alpha value is -1.61. The zero-order chi connectivity index (χ0) is 13.4. The highest BCUT2D eigenvalue weighted by Gasteiger charge is 2.31. The third-order valence-electron chi connectivity index (χ3n) is 3.60. The molecule has 0 aliphatic carbocycles. The minimum absolute atomic E-state index is 0.0731. The molecular formula is C16H14BrNO. The van der Waals surface area contributed by atoms with Crippen molar-refractivity contribution in [3.8, 4) is 0 Å². The maximum absolute atomic E-state index is 12.1. The minimum Gasteiger partial charge on any atom is -0.325 e. The molecule has 0 fully saturated rings. The lowest BCUT2D eigenvalue weighted by Crippen LogP contribution is -2.14. The van der Waals surface area contributed by atoms with Crippen LogP contribution in [0.25, 0.3) is 0 Å². The highest BCUT2D eigenvalue weighted by molar-refractivity contribution is 9.10. The number of rotatable bonds is 2. The molecular weight excluding hydrogens is 302 g/mol. The molecule has 0 radical (unpaired) electrons. The number of benzene rings is 2. The molecule has 1 atom stereocenters. The van der Waals surface area contributed by atoms with Crippen LogP contribution < -0.4 is 5.32 Å². The summed E-state index contributed by atoms with van der Waals surface area (Å²) >= 11 is 3.43. The van der Waals surface area contributed by atoms with E-state index in [0.29, 0.717) is 0 Å². The average Bonchev–Trinajstić information content (AvgIpc) is 2.71. The molecule has 0 bridgehead atoms. The number of anilines is 1. The molecule has 0 aromatic heterocycles. The molecule has 1 heterocycles. The smallest absolute Gasteiger partial charge is 0.232 e. The Kier molecular flexibility index (Phi) is 3.15. The van der Waals surface area contributed by atoms with Crippen molar-refractivity contribution >= 4 is 27.5 Å². The van der Waals surface area contributed by atoms with Gasteiger partial charge in [0.15, 0.2) is 0 Å². The molecule has 3 rings (SSSR count). The van der Waals surface area contributed by atoms with Crippen molar-refractivity contribution in [2.24, 2.45) is 0 Å². The Bertz CT molecular complexity index is 634. The van der Waals surface area contributed by atoms with Gasteiger partial charge < -0.3 is 5.32 Å². The molecule has 1 aliphatic heterocycles. The van der Waals surface area contributed by atoms with Crippen LogP contribution in [0.5, 0.6) is 0 Å². The average molecular weight is 316 g/mol. The third-order valence-corrected chi connectivity index (χ3v) is 4.13. The monoisotopic (exact) mass is 315 g/mol. The van der Waals surface area contributed by atoms with Gasteiger partial charge in [0.25, 0.3) is 0 Å². The lowest BCUT2D eigenvalue weighted by Gasteiger charge is -2.09. The number of para-hydroxylation sites is 1. The Morgan fingerprint density at radius 2 is 1.89 bits per heavy atom. The van der Waals surface area contributed by atoms with Crippen molar-refractivity contribution in [2.75, 3.05) is 5.32 Å². The van der Waals surface area contributed by atoms with Crippen molar-refractivity contribution in [3.63, 3.8) is 0 Å². The van der Waals surface area contributed by atoms with Crippen LogP contribution >= 0.6 is 15.9 Å². The van der Waals surface area contributed by atoms with Crippen LogP contribution in [0.15, 0.2) is 46.9 Å². The first kappa shape index (κ1) is 12.4. The number of carbonyl (C=O) groups excluding carboxylic acids is 1. The summed E-state index contributed by atoms with van der Waals surface area (Å²) < 4.78 is 1.06. The van der Waals surface area contributed by atoms with Gasteiger partial charge in [0.1, 0.15) is 0 Å². The molecule has 0 spiro atoms. The van der Waals surface area contributed by atoms with E-state index < -0.39 is 0 Å². The van der Waals surface area contributed by atoms with Crippen molar-refractivity contribution in [3.05, 3.63) is 63.6 Å². The van der Waals surface area contributed by atoms with Crippen LogP contribution in [0.3, 0.4) is 0 Å². The predicted molar refractivity (Wildman–Crippen MR) is 80.4 cm³/mol. The summed E-state index contributed by atoms with van der Waals surface area (Å²) in [5.74, 6) is 0.0308. The lowest BCUT2D eigenvalue weighted by atomic mass is 9.92. The number of carbonyl (C=O) groups is 1. The number of fused-ring (bicyclic) bond motifs is 1. The van der Waals surface area contributed by atoms with Gasteiger partial charge in [-0.2, -0.15) is 0 Å². The molecule has 0 saturated heterocycles. The minimum atomic E-state index is -0.0731. The lowest BCUT2D eigenvalue weighted by molar-refractivity contribution is -0.117. The van der Waals surface area contributed by atoms with Crippen LogP contribution in [0, 0.1) is 6.92 Å². The third kappa shape index (κ3) is 2.30. The summed E-state index contributed by atoms with van der Waals surface area (Å²) in [5, 5.41) is 3.00. The maximum Gasteiger partial charge on any atom is 0.232 e. The second kappa shape index (κ2) is 4.82. The quantitative estimate of drug-likeness (QED) is 0.890. The van der Waals surface area contributed by atoms with Crippen LogP contribution in [0.2, 0.25) is 0 Å². The van der Waals surface area contributed by atoms with Crippen LogP contribution in [0.4, 0.5) is 5.69 Å². The highest BCUT2D eigenvalue weighted by atomic mass is 79.9. The van der Waals surface area contributed by atoms with Crippen molar-refractivity contribution in [2.45, 2.75) is 19.3 Å². The molecule has 19 heavy (non-hydrogen) atoms. The summed E-state index contributed by atoms with van der Waals surface area (Å²) in [6, 6.07) is 14.2. The molecule has 3 heteroatoms. The number of aryl methyl sites for hydroxylation is 1. The number of nitrogens with one attached hydrogen (secondary N) is 1. The normalized spacial score (nSPS) is 17.2. The van der Waals surface area contributed by atoms with Gasteiger partial charge in [-0.05, 0) is 42.2 Å². The fourth-order valence-electron chi connectivity index (χ4n) is 2.56. The molecule has 1 amide bonds. The first-order valence-corrected chi connectivity index (χ1v) is 7.09. The van der Waals surface area contributed by atoms with Crippen molar-refractivity contribution in [1.29, 1.82) is 0 Å². The molecule has 96 valence electrons. The van der Waals surface area contributed by atoms with E-state index in [2.05, 4.69) is 33.4 Å². The van der Waals surface area contributed by atoms with Gasteiger partial charge >= 0.3 is 0 Å². The SMILES string of the molecule is Cc1cccc2c1NC(=O)C2Cc1ccc(Br)cc1. The van der Waals surface area contributed by atoms with Crippen LogP contribution in [-0.2, 0) is 11.2 Å². The Morgan fingerprint density at radius 1 is 1.16 bits per heavy atom. The topological polar surface area (TPSA) is 29.1 Å². The molecule has 1 aliphatic rings. The number of hydrogen-bond acceptors (Lipinski definition) is 1. The largest absolute Gasteiger partial charge is 0.325 e. The standard InChI is InChI=1S/C16H14BrNO/c1-10-3-2-4-13-14(16(19)18-15(10)13)9-11-5-7-12(17)8-6-11/h2-8,14H,9H2,1H3,(H,18,19). The number of amides is 1. The van der Waals surface area contributed by atoms with Crippen LogP contribution in [-0.4, -0.2) is 5.91 Å². The zero-order valence-corrected chi connectivity index (χ0v) is 12.2. The summed E-state index contributed by atoms with van der Waals surface area (Å²) in [6.07, 6.45) is 0.746. The van der Waals surface area contributed by atoms with Gasteiger partial charge in [-0.25, -0.2) is 0 Å². The molecule has 2 aromatic carbocycles. The van der Waals surface area contributed by atoms with Crippen LogP contribution in [0.1, 0.15) is 22.6 Å². The van der Waals surface area contributed by atoms with E-state index in [4.69, 9.17) is 0 Å². The summed E-state index contributed by atoms with van der Waals surface area (Å²) in [5.41, 5.74) is 4.42. The van der Waals surface area contributed by atoms with E-state index >= 15 is 0 Å². The summed E-state index contributed by atoms with van der Waals surface area (Å²) in [4.78, 5) is 12.1. The Morgan fingerprint density at radius 3 is 2.63 bits per heavy atom. The van der Waals surface area contributed by atoms with Gasteiger partial charge in [-0.3, -0.25) is 4.79 Å². The van der Waals surface area contributed by atoms with Crippen molar-refractivity contribution in [1.82, 2.24) is 0 Å². The summed E-state index contributed by atoms with van der Waals surface area (Å²) in [6.45, 7) is 2.03. The molecule has 1 unspecified atom stereocenters. The van der Waals surface area contributed by atoms with Gasteiger partial charge in [-0.15, -0.1) is 0 Å². The fraction of sp³-hybridized carbons (Fsp3) is 0.188. The van der Waals surface area contributed by atoms with Gasteiger partial charge in [0, 0.05) is 10.2 Å². The van der Waals surface area contributed by atoms with Crippen molar-refractivity contribution < 1.29 is 4.79 Å². The molecule has 0 saturated carbocycles. The summed E-state index contributed by atoms with van der Waals surface area (Å²) in [7, 11) is 0.